The summed E-state index contributed by atoms with van der Waals surface area (Å²) in [5, 5.41) is 4.39. The van der Waals surface area contributed by atoms with E-state index < -0.39 is 0 Å². The van der Waals surface area contributed by atoms with Crippen molar-refractivity contribution in [3.63, 3.8) is 0 Å². The van der Waals surface area contributed by atoms with Crippen LogP contribution in [0.4, 0.5) is 5.82 Å². The fraction of sp³-hybridized carbons (Fsp3) is 0.250. The van der Waals surface area contributed by atoms with Crippen molar-refractivity contribution in [1.82, 2.24) is 9.78 Å². The van der Waals surface area contributed by atoms with Crippen molar-refractivity contribution in [3.8, 4) is 11.3 Å². The molecule has 1 heterocycles. The lowest BCUT2D eigenvalue weighted by Crippen LogP contribution is -1.96. The Morgan fingerprint density at radius 1 is 1.20 bits per heavy atom. The minimum absolute atomic E-state index is 0.688. The first kappa shape index (κ1) is 9.77. The average molecular weight is 201 g/mol. The number of anilines is 1. The molecule has 0 spiro atoms. The SMILES string of the molecule is Cc1cccc(C)c1-c1cc(N)n(C)n1. The summed E-state index contributed by atoms with van der Waals surface area (Å²) >= 11 is 0. The van der Waals surface area contributed by atoms with E-state index >= 15 is 0 Å². The second-order valence-electron chi connectivity index (χ2n) is 3.84. The van der Waals surface area contributed by atoms with Gasteiger partial charge in [0.05, 0.1) is 5.69 Å². The first-order valence-electron chi connectivity index (χ1n) is 4.95. The normalized spacial score (nSPS) is 10.6. The van der Waals surface area contributed by atoms with Crippen molar-refractivity contribution >= 4 is 5.82 Å². The predicted octanol–water partition coefficient (Wildman–Crippen LogP) is 2.29. The predicted molar refractivity (Wildman–Crippen MR) is 62.5 cm³/mol. The van der Waals surface area contributed by atoms with E-state index in [2.05, 4.69) is 37.1 Å². The van der Waals surface area contributed by atoms with Crippen molar-refractivity contribution in [3.05, 3.63) is 35.4 Å². The average Bonchev–Trinajstić information content (AvgIpc) is 2.46. The van der Waals surface area contributed by atoms with Crippen LogP contribution in [-0.4, -0.2) is 9.78 Å². The number of hydrogen-bond donors (Lipinski definition) is 1. The van der Waals surface area contributed by atoms with E-state index in [1.54, 1.807) is 4.68 Å². The molecule has 0 amide bonds. The Hall–Kier alpha value is -1.77. The number of aryl methyl sites for hydroxylation is 3. The fourth-order valence-electron chi connectivity index (χ4n) is 1.82. The van der Waals surface area contributed by atoms with Gasteiger partial charge in [0.15, 0.2) is 0 Å². The standard InChI is InChI=1S/C12H15N3/c1-8-5-4-6-9(2)12(8)10-7-11(13)15(3)14-10/h4-7H,13H2,1-3H3. The molecule has 1 aromatic heterocycles. The number of nitrogen functional groups attached to an aromatic ring is 1. The van der Waals surface area contributed by atoms with E-state index in [0.717, 1.165) is 5.69 Å². The maximum Gasteiger partial charge on any atom is 0.121 e. The number of rotatable bonds is 1. The van der Waals surface area contributed by atoms with Crippen LogP contribution in [0.3, 0.4) is 0 Å². The van der Waals surface area contributed by atoms with Gasteiger partial charge in [0.25, 0.3) is 0 Å². The highest BCUT2D eigenvalue weighted by Gasteiger charge is 2.09. The van der Waals surface area contributed by atoms with Gasteiger partial charge < -0.3 is 5.73 Å². The van der Waals surface area contributed by atoms with Gasteiger partial charge in [-0.15, -0.1) is 0 Å². The maximum absolute atomic E-state index is 5.78. The van der Waals surface area contributed by atoms with Gasteiger partial charge in [-0.25, -0.2) is 0 Å². The molecule has 3 nitrogen and oxygen atoms in total. The van der Waals surface area contributed by atoms with Crippen molar-refractivity contribution < 1.29 is 0 Å². The summed E-state index contributed by atoms with van der Waals surface area (Å²) in [5.74, 6) is 0.688. The zero-order chi connectivity index (χ0) is 11.0. The van der Waals surface area contributed by atoms with Gasteiger partial charge >= 0.3 is 0 Å². The Kier molecular flexibility index (Phi) is 2.23. The van der Waals surface area contributed by atoms with Crippen LogP contribution in [0.1, 0.15) is 11.1 Å². The Labute approximate surface area is 89.5 Å². The largest absolute Gasteiger partial charge is 0.384 e. The van der Waals surface area contributed by atoms with Crippen molar-refractivity contribution in [2.45, 2.75) is 13.8 Å². The number of nitrogens with zero attached hydrogens (tertiary/aromatic N) is 2. The number of aromatic nitrogens is 2. The molecule has 0 saturated heterocycles. The molecule has 0 aliphatic heterocycles. The number of benzene rings is 1. The summed E-state index contributed by atoms with van der Waals surface area (Å²) in [6, 6.07) is 8.15. The molecule has 15 heavy (non-hydrogen) atoms. The second kappa shape index (κ2) is 3.42. The molecule has 0 atom stereocenters. The quantitative estimate of drug-likeness (QED) is 0.769. The third-order valence-corrected chi connectivity index (χ3v) is 2.65. The third-order valence-electron chi connectivity index (χ3n) is 2.65. The van der Waals surface area contributed by atoms with Crippen LogP contribution < -0.4 is 5.73 Å². The van der Waals surface area contributed by atoms with Gasteiger partial charge in [-0.1, -0.05) is 18.2 Å². The molecule has 0 aliphatic carbocycles. The molecule has 0 saturated carbocycles. The van der Waals surface area contributed by atoms with Crippen LogP contribution in [0.2, 0.25) is 0 Å². The van der Waals surface area contributed by atoms with Crippen LogP contribution in [0, 0.1) is 13.8 Å². The highest BCUT2D eigenvalue weighted by atomic mass is 15.3. The van der Waals surface area contributed by atoms with Crippen molar-refractivity contribution in [1.29, 1.82) is 0 Å². The maximum atomic E-state index is 5.78. The zero-order valence-corrected chi connectivity index (χ0v) is 9.28. The smallest absolute Gasteiger partial charge is 0.121 e. The van der Waals surface area contributed by atoms with Crippen LogP contribution in [0.25, 0.3) is 11.3 Å². The van der Waals surface area contributed by atoms with E-state index in [0.29, 0.717) is 5.82 Å². The van der Waals surface area contributed by atoms with Crippen LogP contribution >= 0.6 is 0 Å². The molecule has 2 N–H and O–H groups in total. The Balaban J connectivity index is 2.63. The lowest BCUT2D eigenvalue weighted by Gasteiger charge is -2.05. The van der Waals surface area contributed by atoms with E-state index in [9.17, 15) is 0 Å². The molecule has 0 radical (unpaired) electrons. The van der Waals surface area contributed by atoms with Gasteiger partial charge in [0.2, 0.25) is 0 Å². The molecular formula is C12H15N3. The van der Waals surface area contributed by atoms with Gasteiger partial charge in [0, 0.05) is 18.7 Å². The van der Waals surface area contributed by atoms with Gasteiger partial charge in [-0.3, -0.25) is 4.68 Å². The summed E-state index contributed by atoms with van der Waals surface area (Å²) in [6.07, 6.45) is 0. The topological polar surface area (TPSA) is 43.8 Å². The first-order valence-corrected chi connectivity index (χ1v) is 4.95. The number of nitrogens with two attached hydrogens (primary N) is 1. The summed E-state index contributed by atoms with van der Waals surface area (Å²) < 4.78 is 1.70. The molecular weight excluding hydrogens is 186 g/mol. The molecule has 0 unspecified atom stereocenters. The van der Waals surface area contributed by atoms with Crippen molar-refractivity contribution in [2.75, 3.05) is 5.73 Å². The third kappa shape index (κ3) is 1.61. The van der Waals surface area contributed by atoms with E-state index in [-0.39, 0.29) is 0 Å². The summed E-state index contributed by atoms with van der Waals surface area (Å²) in [5.41, 5.74) is 10.4. The second-order valence-corrected chi connectivity index (χ2v) is 3.84. The molecule has 2 aromatic rings. The van der Waals surface area contributed by atoms with Gasteiger partial charge in [-0.2, -0.15) is 5.10 Å². The van der Waals surface area contributed by atoms with Gasteiger partial charge in [-0.05, 0) is 25.0 Å². The Morgan fingerprint density at radius 3 is 2.27 bits per heavy atom. The lowest BCUT2D eigenvalue weighted by atomic mass is 10.0. The van der Waals surface area contributed by atoms with Crippen LogP contribution in [-0.2, 0) is 7.05 Å². The van der Waals surface area contributed by atoms with E-state index in [1.807, 2.05) is 13.1 Å². The zero-order valence-electron chi connectivity index (χ0n) is 9.28. The molecule has 1 aromatic carbocycles. The Morgan fingerprint density at radius 2 is 1.80 bits per heavy atom. The molecule has 0 aliphatic rings. The van der Waals surface area contributed by atoms with Gasteiger partial charge in [0.1, 0.15) is 5.82 Å². The molecule has 0 fully saturated rings. The van der Waals surface area contributed by atoms with Crippen LogP contribution in [0.5, 0.6) is 0 Å². The van der Waals surface area contributed by atoms with Crippen LogP contribution in [0.15, 0.2) is 24.3 Å². The molecule has 3 heteroatoms. The lowest BCUT2D eigenvalue weighted by molar-refractivity contribution is 0.782. The summed E-state index contributed by atoms with van der Waals surface area (Å²) in [4.78, 5) is 0. The number of hydrogen-bond acceptors (Lipinski definition) is 2. The van der Waals surface area contributed by atoms with E-state index in [4.69, 9.17) is 5.73 Å². The first-order chi connectivity index (χ1) is 7.09. The molecule has 2 rings (SSSR count). The monoisotopic (exact) mass is 201 g/mol. The minimum Gasteiger partial charge on any atom is -0.384 e. The molecule has 78 valence electrons. The Bertz CT molecular complexity index is 458. The van der Waals surface area contributed by atoms with E-state index in [1.165, 1.54) is 16.7 Å². The fourth-order valence-corrected chi connectivity index (χ4v) is 1.82. The van der Waals surface area contributed by atoms with Crippen molar-refractivity contribution in [2.24, 2.45) is 7.05 Å². The minimum atomic E-state index is 0.688. The summed E-state index contributed by atoms with van der Waals surface area (Å²) in [6.45, 7) is 4.18. The highest BCUT2D eigenvalue weighted by Crippen LogP contribution is 2.26. The summed E-state index contributed by atoms with van der Waals surface area (Å²) in [7, 11) is 1.85. The highest BCUT2D eigenvalue weighted by molar-refractivity contribution is 5.69. The molecule has 0 bridgehead atoms.